The van der Waals surface area contributed by atoms with E-state index in [1.165, 1.54) is 0 Å². The highest BCUT2D eigenvalue weighted by molar-refractivity contribution is 5.95. The van der Waals surface area contributed by atoms with Gasteiger partial charge in [0.2, 0.25) is 0 Å². The molecule has 1 aliphatic rings. The van der Waals surface area contributed by atoms with Crippen LogP contribution in [0.25, 0.3) is 0 Å². The van der Waals surface area contributed by atoms with Gasteiger partial charge in [-0.15, -0.1) is 0 Å². The van der Waals surface area contributed by atoms with Gasteiger partial charge in [-0.3, -0.25) is 4.79 Å². The van der Waals surface area contributed by atoms with Crippen LogP contribution in [0.1, 0.15) is 44.0 Å². The first-order chi connectivity index (χ1) is 11.0. The fourth-order valence-electron chi connectivity index (χ4n) is 2.63. The fourth-order valence-corrected chi connectivity index (χ4v) is 2.63. The maximum absolute atomic E-state index is 12.3. The summed E-state index contributed by atoms with van der Waals surface area (Å²) in [6.45, 7) is 6.89. The van der Waals surface area contributed by atoms with Crippen molar-refractivity contribution in [1.29, 1.82) is 0 Å². The molecule has 126 valence electrons. The number of rotatable bonds is 4. The van der Waals surface area contributed by atoms with Gasteiger partial charge in [0.1, 0.15) is 0 Å². The molecule has 0 aromatic heterocycles. The zero-order valence-corrected chi connectivity index (χ0v) is 14.0. The summed E-state index contributed by atoms with van der Waals surface area (Å²) >= 11 is 0. The number of benzene rings is 1. The summed E-state index contributed by atoms with van der Waals surface area (Å²) in [5.74, 6) is -0.0799. The van der Waals surface area contributed by atoms with Crippen LogP contribution in [0.5, 0.6) is 0 Å². The maximum atomic E-state index is 12.3. The van der Waals surface area contributed by atoms with Crippen LogP contribution < -0.4 is 21.3 Å². The van der Waals surface area contributed by atoms with Crippen molar-refractivity contribution in [3.8, 4) is 0 Å². The SMILES string of the molecule is CC(C)NC(=O)Nc1ccc(C(=O)NC2CCCNC2C)cc1. The van der Waals surface area contributed by atoms with E-state index in [1.54, 1.807) is 24.3 Å². The zero-order valence-electron chi connectivity index (χ0n) is 14.0. The van der Waals surface area contributed by atoms with Gasteiger partial charge in [0.15, 0.2) is 0 Å². The lowest BCUT2D eigenvalue weighted by atomic mass is 9.99. The van der Waals surface area contributed by atoms with Crippen molar-refractivity contribution in [3.05, 3.63) is 29.8 Å². The summed E-state index contributed by atoms with van der Waals surface area (Å²) in [7, 11) is 0. The Hall–Kier alpha value is -2.08. The standard InChI is InChI=1S/C17H26N4O2/c1-11(2)19-17(23)20-14-8-6-13(7-9-14)16(22)21-15-5-4-10-18-12(15)3/h6-9,11-12,15,18H,4-5,10H2,1-3H3,(H,21,22)(H2,19,20,23). The van der Waals surface area contributed by atoms with E-state index in [1.807, 2.05) is 13.8 Å². The molecule has 0 saturated carbocycles. The van der Waals surface area contributed by atoms with Gasteiger partial charge in [0.25, 0.3) is 5.91 Å². The molecule has 1 heterocycles. The molecule has 1 aliphatic heterocycles. The zero-order chi connectivity index (χ0) is 16.8. The summed E-state index contributed by atoms with van der Waals surface area (Å²) in [5.41, 5.74) is 1.25. The molecule has 0 radical (unpaired) electrons. The number of carbonyl (C=O) groups excluding carboxylic acids is 2. The first-order valence-corrected chi connectivity index (χ1v) is 8.17. The summed E-state index contributed by atoms with van der Waals surface area (Å²) in [6, 6.07) is 7.18. The van der Waals surface area contributed by atoms with Gasteiger partial charge in [-0.2, -0.15) is 0 Å². The molecule has 2 unspecified atom stereocenters. The Bertz CT molecular complexity index is 542. The fraction of sp³-hybridized carbons (Fsp3) is 0.529. The average molecular weight is 318 g/mol. The highest BCUT2D eigenvalue weighted by Gasteiger charge is 2.22. The molecule has 0 spiro atoms. The number of hydrogen-bond donors (Lipinski definition) is 4. The Morgan fingerprint density at radius 2 is 1.91 bits per heavy atom. The van der Waals surface area contributed by atoms with E-state index in [4.69, 9.17) is 0 Å². The van der Waals surface area contributed by atoms with Crippen LogP contribution in [0.15, 0.2) is 24.3 Å². The van der Waals surface area contributed by atoms with Gasteiger partial charge in [-0.1, -0.05) is 0 Å². The minimum Gasteiger partial charge on any atom is -0.348 e. The van der Waals surface area contributed by atoms with Gasteiger partial charge < -0.3 is 21.3 Å². The van der Waals surface area contributed by atoms with Crippen molar-refractivity contribution in [2.24, 2.45) is 0 Å². The van der Waals surface area contributed by atoms with Crippen molar-refractivity contribution in [1.82, 2.24) is 16.0 Å². The summed E-state index contributed by atoms with van der Waals surface area (Å²) < 4.78 is 0. The molecule has 0 aliphatic carbocycles. The van der Waals surface area contributed by atoms with Crippen molar-refractivity contribution >= 4 is 17.6 Å². The molecule has 1 saturated heterocycles. The minimum atomic E-state index is -0.251. The molecule has 23 heavy (non-hydrogen) atoms. The van der Waals surface area contributed by atoms with Crippen LogP contribution in [0.3, 0.4) is 0 Å². The van der Waals surface area contributed by atoms with E-state index >= 15 is 0 Å². The number of carbonyl (C=O) groups is 2. The van der Waals surface area contributed by atoms with Crippen molar-refractivity contribution in [2.75, 3.05) is 11.9 Å². The van der Waals surface area contributed by atoms with Crippen molar-refractivity contribution in [2.45, 2.75) is 51.7 Å². The number of piperidine rings is 1. The molecular weight excluding hydrogens is 292 g/mol. The number of urea groups is 1. The molecule has 2 atom stereocenters. The van der Waals surface area contributed by atoms with Crippen LogP contribution in [0, 0.1) is 0 Å². The van der Waals surface area contributed by atoms with Gasteiger partial charge in [-0.05, 0) is 64.4 Å². The molecule has 0 bridgehead atoms. The van der Waals surface area contributed by atoms with E-state index in [9.17, 15) is 9.59 Å². The predicted octanol–water partition coefficient (Wildman–Crippen LogP) is 2.09. The average Bonchev–Trinajstić information content (AvgIpc) is 2.49. The van der Waals surface area contributed by atoms with Gasteiger partial charge in [0, 0.05) is 29.4 Å². The Morgan fingerprint density at radius 3 is 2.52 bits per heavy atom. The highest BCUT2D eigenvalue weighted by atomic mass is 16.2. The molecule has 4 N–H and O–H groups in total. The first kappa shape index (κ1) is 17.3. The molecule has 1 aromatic carbocycles. The summed E-state index contributed by atoms with van der Waals surface area (Å²) in [5, 5.41) is 11.9. The lowest BCUT2D eigenvalue weighted by Gasteiger charge is -2.30. The quantitative estimate of drug-likeness (QED) is 0.686. The van der Waals surface area contributed by atoms with Gasteiger partial charge in [0.05, 0.1) is 0 Å². The first-order valence-electron chi connectivity index (χ1n) is 8.17. The highest BCUT2D eigenvalue weighted by Crippen LogP contribution is 2.12. The largest absolute Gasteiger partial charge is 0.348 e. The topological polar surface area (TPSA) is 82.3 Å². The molecule has 2 rings (SSSR count). The number of anilines is 1. The molecule has 1 aromatic rings. The van der Waals surface area contributed by atoms with Crippen LogP contribution >= 0.6 is 0 Å². The van der Waals surface area contributed by atoms with Crippen LogP contribution in [-0.4, -0.2) is 36.6 Å². The van der Waals surface area contributed by atoms with E-state index in [0.717, 1.165) is 19.4 Å². The lowest BCUT2D eigenvalue weighted by Crippen LogP contribution is -2.51. The van der Waals surface area contributed by atoms with E-state index in [-0.39, 0.29) is 30.1 Å². The molecular formula is C17H26N4O2. The smallest absolute Gasteiger partial charge is 0.319 e. The Labute approximate surface area is 137 Å². The van der Waals surface area contributed by atoms with Crippen LogP contribution in [-0.2, 0) is 0 Å². The number of nitrogens with one attached hydrogen (secondary N) is 4. The van der Waals surface area contributed by atoms with Crippen LogP contribution in [0.2, 0.25) is 0 Å². The lowest BCUT2D eigenvalue weighted by molar-refractivity contribution is 0.0920. The summed E-state index contributed by atoms with van der Waals surface area (Å²) in [6.07, 6.45) is 2.07. The molecule has 3 amide bonds. The monoisotopic (exact) mass is 318 g/mol. The van der Waals surface area contributed by atoms with E-state index in [0.29, 0.717) is 11.3 Å². The third kappa shape index (κ3) is 5.25. The van der Waals surface area contributed by atoms with Crippen LogP contribution in [0.4, 0.5) is 10.5 Å². The maximum Gasteiger partial charge on any atom is 0.319 e. The summed E-state index contributed by atoms with van der Waals surface area (Å²) in [4.78, 5) is 23.9. The Kier molecular flexibility index (Phi) is 5.98. The third-order valence-electron chi connectivity index (χ3n) is 3.90. The van der Waals surface area contributed by atoms with Crippen molar-refractivity contribution in [3.63, 3.8) is 0 Å². The molecule has 6 nitrogen and oxygen atoms in total. The van der Waals surface area contributed by atoms with Gasteiger partial charge >= 0.3 is 6.03 Å². The van der Waals surface area contributed by atoms with Gasteiger partial charge in [-0.25, -0.2) is 4.79 Å². The second-order valence-electron chi connectivity index (χ2n) is 6.30. The Morgan fingerprint density at radius 1 is 1.22 bits per heavy atom. The van der Waals surface area contributed by atoms with E-state index in [2.05, 4.69) is 28.2 Å². The van der Waals surface area contributed by atoms with E-state index < -0.39 is 0 Å². The normalized spacial score (nSPS) is 20.9. The number of amides is 3. The van der Waals surface area contributed by atoms with Crippen molar-refractivity contribution < 1.29 is 9.59 Å². The number of hydrogen-bond acceptors (Lipinski definition) is 3. The predicted molar refractivity (Wildman–Crippen MR) is 91.7 cm³/mol. The Balaban J connectivity index is 1.90. The molecule has 6 heteroatoms. The second kappa shape index (κ2) is 7.97. The minimum absolute atomic E-state index is 0.0751. The molecule has 1 fully saturated rings. The third-order valence-corrected chi connectivity index (χ3v) is 3.90. The second-order valence-corrected chi connectivity index (χ2v) is 6.30.